The van der Waals surface area contributed by atoms with Crippen LogP contribution in [0.1, 0.15) is 50.7 Å². The molecule has 0 fully saturated rings. The van der Waals surface area contributed by atoms with Crippen LogP contribution in [0.15, 0.2) is 24.3 Å². The average molecular weight is 226 g/mol. The van der Waals surface area contributed by atoms with E-state index in [0.29, 0.717) is 6.42 Å². The lowest BCUT2D eigenvalue weighted by atomic mass is 9.89. The van der Waals surface area contributed by atoms with E-state index >= 15 is 0 Å². The molecule has 0 N–H and O–H groups in total. The van der Waals surface area contributed by atoms with E-state index in [1.165, 1.54) is 5.56 Å². The molecule has 0 radical (unpaired) electrons. The van der Waals surface area contributed by atoms with Crippen LogP contribution in [0.5, 0.6) is 0 Å². The van der Waals surface area contributed by atoms with Crippen molar-refractivity contribution < 1.29 is 8.78 Å². The van der Waals surface area contributed by atoms with Crippen molar-refractivity contribution in [1.82, 2.24) is 0 Å². The number of hydrogen-bond acceptors (Lipinski definition) is 0. The predicted molar refractivity (Wildman–Crippen MR) is 64.1 cm³/mol. The van der Waals surface area contributed by atoms with Gasteiger partial charge in [-0.25, -0.2) is 8.78 Å². The summed E-state index contributed by atoms with van der Waals surface area (Å²) in [5.41, 5.74) is 1.95. The fourth-order valence-corrected chi connectivity index (χ4v) is 1.99. The van der Waals surface area contributed by atoms with Gasteiger partial charge in [-0.2, -0.15) is 0 Å². The third-order valence-electron chi connectivity index (χ3n) is 2.98. The molecule has 90 valence electrons. The Morgan fingerprint density at radius 1 is 1.12 bits per heavy atom. The van der Waals surface area contributed by atoms with Crippen LogP contribution in [0.25, 0.3) is 0 Å². The Kier molecular flexibility index (Phi) is 4.45. The smallest absolute Gasteiger partial charge is 0.207 e. The number of halogens is 2. The molecule has 0 aliphatic carbocycles. The van der Waals surface area contributed by atoms with Crippen molar-refractivity contribution in [2.75, 3.05) is 0 Å². The molecule has 0 amide bonds. The molecule has 1 atom stereocenters. The molecule has 0 aliphatic rings. The summed E-state index contributed by atoms with van der Waals surface area (Å²) in [6, 6.07) is 7.58. The van der Waals surface area contributed by atoms with Crippen molar-refractivity contribution in [2.24, 2.45) is 0 Å². The predicted octanol–water partition coefficient (Wildman–Crippen LogP) is 4.79. The molecule has 2 heteroatoms. The first-order valence-corrected chi connectivity index (χ1v) is 5.95. The molecule has 0 bridgehead atoms. The van der Waals surface area contributed by atoms with Crippen LogP contribution in [-0.2, 0) is 6.42 Å². The Hall–Kier alpha value is -0.920. The lowest BCUT2D eigenvalue weighted by Gasteiger charge is -2.23. The van der Waals surface area contributed by atoms with Crippen molar-refractivity contribution in [1.29, 1.82) is 0 Å². The molecule has 0 aliphatic heterocycles. The first-order valence-electron chi connectivity index (χ1n) is 5.95. The maximum atomic E-state index is 13.4. The van der Waals surface area contributed by atoms with Gasteiger partial charge in [0.1, 0.15) is 0 Å². The summed E-state index contributed by atoms with van der Waals surface area (Å²) in [6.07, 6.45) is 2.26. The van der Waals surface area contributed by atoms with Crippen molar-refractivity contribution in [2.45, 2.75) is 51.9 Å². The zero-order valence-electron chi connectivity index (χ0n) is 10.3. The standard InChI is InChI=1S/C14H20F2/c1-4-6-13(14(3,15)16)12-9-7-11(5-2)8-10-12/h7-10,13H,4-6H2,1-3H3. The minimum atomic E-state index is -2.64. The Bertz CT molecular complexity index is 309. The number of benzene rings is 1. The largest absolute Gasteiger partial charge is 0.252 e. The summed E-state index contributed by atoms with van der Waals surface area (Å²) in [5, 5.41) is 0. The maximum absolute atomic E-state index is 13.4. The van der Waals surface area contributed by atoms with Gasteiger partial charge in [0.2, 0.25) is 0 Å². The number of rotatable bonds is 5. The topological polar surface area (TPSA) is 0 Å². The van der Waals surface area contributed by atoms with Gasteiger partial charge in [0, 0.05) is 5.92 Å². The number of aryl methyl sites for hydroxylation is 1. The zero-order chi connectivity index (χ0) is 12.2. The first kappa shape index (κ1) is 13.1. The van der Waals surface area contributed by atoms with Crippen LogP contribution in [0.3, 0.4) is 0 Å². The van der Waals surface area contributed by atoms with E-state index < -0.39 is 11.8 Å². The average Bonchev–Trinajstić information content (AvgIpc) is 2.25. The summed E-state index contributed by atoms with van der Waals surface area (Å²) in [6.45, 7) is 5.02. The van der Waals surface area contributed by atoms with Crippen LogP contribution in [0.4, 0.5) is 8.78 Å². The van der Waals surface area contributed by atoms with Gasteiger partial charge in [-0.1, -0.05) is 44.5 Å². The van der Waals surface area contributed by atoms with E-state index in [4.69, 9.17) is 0 Å². The Labute approximate surface area is 96.7 Å². The summed E-state index contributed by atoms with van der Waals surface area (Å²) < 4.78 is 26.9. The second-order valence-electron chi connectivity index (χ2n) is 4.39. The molecule has 1 aromatic carbocycles. The highest BCUT2D eigenvalue weighted by molar-refractivity contribution is 5.26. The maximum Gasteiger partial charge on any atom is 0.252 e. The highest BCUT2D eigenvalue weighted by Gasteiger charge is 2.34. The van der Waals surface area contributed by atoms with Crippen molar-refractivity contribution in [3.8, 4) is 0 Å². The van der Waals surface area contributed by atoms with Gasteiger partial charge in [-0.3, -0.25) is 0 Å². The molecule has 1 aromatic rings. The monoisotopic (exact) mass is 226 g/mol. The minimum Gasteiger partial charge on any atom is -0.207 e. The summed E-state index contributed by atoms with van der Waals surface area (Å²) >= 11 is 0. The van der Waals surface area contributed by atoms with E-state index in [2.05, 4.69) is 6.92 Å². The molecular weight excluding hydrogens is 206 g/mol. The van der Waals surface area contributed by atoms with Gasteiger partial charge in [0.15, 0.2) is 0 Å². The summed E-state index contributed by atoms with van der Waals surface area (Å²) in [7, 11) is 0. The second-order valence-corrected chi connectivity index (χ2v) is 4.39. The molecule has 0 aromatic heterocycles. The molecule has 0 saturated carbocycles. The van der Waals surface area contributed by atoms with Crippen LogP contribution < -0.4 is 0 Å². The van der Waals surface area contributed by atoms with Gasteiger partial charge < -0.3 is 0 Å². The van der Waals surface area contributed by atoms with Gasteiger partial charge in [-0.15, -0.1) is 0 Å². The quantitative estimate of drug-likeness (QED) is 0.677. The highest BCUT2D eigenvalue weighted by atomic mass is 19.3. The number of alkyl halides is 2. The molecule has 1 unspecified atom stereocenters. The third kappa shape index (κ3) is 3.29. The van der Waals surface area contributed by atoms with E-state index in [1.807, 2.05) is 31.2 Å². The molecule has 1 rings (SSSR count). The SMILES string of the molecule is CCCC(c1ccc(CC)cc1)C(C)(F)F. The van der Waals surface area contributed by atoms with E-state index in [1.54, 1.807) is 0 Å². The Morgan fingerprint density at radius 2 is 1.69 bits per heavy atom. The number of hydrogen-bond donors (Lipinski definition) is 0. The second kappa shape index (κ2) is 5.42. The van der Waals surface area contributed by atoms with Crippen LogP contribution in [0, 0.1) is 0 Å². The van der Waals surface area contributed by atoms with Gasteiger partial charge in [0.05, 0.1) is 0 Å². The molecule has 0 heterocycles. The van der Waals surface area contributed by atoms with Crippen LogP contribution in [0.2, 0.25) is 0 Å². The Balaban J connectivity index is 2.93. The normalized spacial score (nSPS) is 13.8. The Morgan fingerprint density at radius 3 is 2.06 bits per heavy atom. The zero-order valence-corrected chi connectivity index (χ0v) is 10.3. The molecule has 0 saturated heterocycles. The minimum absolute atomic E-state index is 0.537. The van der Waals surface area contributed by atoms with E-state index in [0.717, 1.165) is 25.3 Å². The fourth-order valence-electron chi connectivity index (χ4n) is 1.99. The summed E-state index contributed by atoms with van der Waals surface area (Å²) in [4.78, 5) is 0. The van der Waals surface area contributed by atoms with Crippen LogP contribution >= 0.6 is 0 Å². The summed E-state index contributed by atoms with van der Waals surface area (Å²) in [5.74, 6) is -3.28. The first-order chi connectivity index (χ1) is 7.49. The lowest BCUT2D eigenvalue weighted by Crippen LogP contribution is -2.22. The highest BCUT2D eigenvalue weighted by Crippen LogP contribution is 2.36. The van der Waals surface area contributed by atoms with Gasteiger partial charge in [0.25, 0.3) is 5.92 Å². The molecule has 0 nitrogen and oxygen atoms in total. The molecule has 16 heavy (non-hydrogen) atoms. The van der Waals surface area contributed by atoms with Gasteiger partial charge >= 0.3 is 0 Å². The van der Waals surface area contributed by atoms with E-state index in [9.17, 15) is 8.78 Å². The molecular formula is C14H20F2. The molecule has 0 spiro atoms. The van der Waals surface area contributed by atoms with Crippen molar-refractivity contribution >= 4 is 0 Å². The van der Waals surface area contributed by atoms with E-state index in [-0.39, 0.29) is 0 Å². The van der Waals surface area contributed by atoms with Gasteiger partial charge in [-0.05, 0) is 30.9 Å². The fraction of sp³-hybridized carbons (Fsp3) is 0.571. The van der Waals surface area contributed by atoms with Crippen molar-refractivity contribution in [3.63, 3.8) is 0 Å². The van der Waals surface area contributed by atoms with Crippen molar-refractivity contribution in [3.05, 3.63) is 35.4 Å². The third-order valence-corrected chi connectivity index (χ3v) is 2.98. The van der Waals surface area contributed by atoms with Crippen LogP contribution in [-0.4, -0.2) is 5.92 Å². The lowest BCUT2D eigenvalue weighted by molar-refractivity contribution is -0.0110.